The highest BCUT2D eigenvalue weighted by Crippen LogP contribution is 2.14. The maximum atomic E-state index is 11.3. The van der Waals surface area contributed by atoms with Gasteiger partial charge in [0.2, 0.25) is 0 Å². The monoisotopic (exact) mass is 320 g/mol. The van der Waals surface area contributed by atoms with Crippen LogP contribution in [-0.4, -0.2) is 49.5 Å². The third kappa shape index (κ3) is 7.04. The van der Waals surface area contributed by atoms with Gasteiger partial charge in [0.15, 0.2) is 0 Å². The zero-order valence-corrected chi connectivity index (χ0v) is 13.6. The minimum atomic E-state index is -4.06. The van der Waals surface area contributed by atoms with E-state index in [9.17, 15) is 8.42 Å². The van der Waals surface area contributed by atoms with Gasteiger partial charge in [-0.15, -0.1) is 0 Å². The molecule has 0 aliphatic rings. The Hall–Kier alpha value is 0.317. The first kappa shape index (κ1) is 18.3. The Morgan fingerprint density at radius 3 is 1.78 bits per heavy atom. The molecule has 0 saturated heterocycles. The average molecular weight is 320 g/mol. The topological polar surface area (TPSA) is 80.3 Å². The van der Waals surface area contributed by atoms with Crippen molar-refractivity contribution in [2.45, 2.75) is 20.8 Å². The van der Waals surface area contributed by atoms with Gasteiger partial charge in [0.25, 0.3) is 0 Å². The first-order valence-electron chi connectivity index (χ1n) is 5.48. The molecule has 0 aliphatic heterocycles. The molecule has 10 heteroatoms. The van der Waals surface area contributed by atoms with E-state index in [0.29, 0.717) is 31.9 Å². The minimum Gasteiger partial charge on any atom is -0.372 e. The van der Waals surface area contributed by atoms with Gasteiger partial charge in [-0.2, -0.15) is 12.0 Å². The summed E-state index contributed by atoms with van der Waals surface area (Å²) >= 11 is 0.679. The van der Waals surface area contributed by atoms with Crippen LogP contribution in [0.3, 0.4) is 0 Å². The Morgan fingerprint density at radius 1 is 1.00 bits per heavy atom. The van der Waals surface area contributed by atoms with E-state index >= 15 is 0 Å². The molecule has 0 aromatic rings. The standard InChI is InChI=1S/C8H20O7S2Si/c1-5-12-18(13-6-2,14-7-3)8-11-17(9,10)15-16-4/h5-8H2,1-4H3. The first-order valence-corrected chi connectivity index (χ1v) is 9.90. The van der Waals surface area contributed by atoms with Crippen molar-refractivity contribution in [3.8, 4) is 0 Å². The lowest BCUT2D eigenvalue weighted by molar-refractivity contribution is 0.0535. The summed E-state index contributed by atoms with van der Waals surface area (Å²) in [6, 6.07) is 0. The van der Waals surface area contributed by atoms with Crippen molar-refractivity contribution in [1.82, 2.24) is 0 Å². The van der Waals surface area contributed by atoms with Crippen LogP contribution in [0.1, 0.15) is 20.8 Å². The van der Waals surface area contributed by atoms with E-state index in [1.807, 2.05) is 0 Å². The molecule has 0 amide bonds. The van der Waals surface area contributed by atoms with Gasteiger partial charge >= 0.3 is 19.2 Å². The molecule has 0 fully saturated rings. The van der Waals surface area contributed by atoms with Crippen LogP contribution in [-0.2, 0) is 31.5 Å². The molecule has 0 aliphatic carbocycles. The normalized spacial score (nSPS) is 12.9. The maximum absolute atomic E-state index is 11.3. The molecular weight excluding hydrogens is 300 g/mol. The van der Waals surface area contributed by atoms with Crippen LogP contribution in [0.4, 0.5) is 0 Å². The molecule has 0 aromatic heterocycles. The summed E-state index contributed by atoms with van der Waals surface area (Å²) in [4.78, 5) is 0. The highest BCUT2D eigenvalue weighted by atomic mass is 32.3. The summed E-state index contributed by atoms with van der Waals surface area (Å²) in [6.45, 7) is 6.35. The van der Waals surface area contributed by atoms with E-state index in [4.69, 9.17) is 17.5 Å². The van der Waals surface area contributed by atoms with Crippen molar-refractivity contribution in [2.75, 3.05) is 32.3 Å². The summed E-state index contributed by atoms with van der Waals surface area (Å²) in [6.07, 6.45) is 1.17. The van der Waals surface area contributed by atoms with Gasteiger partial charge in [-0.25, -0.2) is 4.18 Å². The van der Waals surface area contributed by atoms with E-state index in [1.54, 1.807) is 20.8 Å². The molecule has 0 radical (unpaired) electrons. The summed E-state index contributed by atoms with van der Waals surface area (Å²) in [5, 5.41) is 0. The van der Waals surface area contributed by atoms with Gasteiger partial charge in [-0.1, -0.05) is 0 Å². The predicted octanol–water partition coefficient (Wildman–Crippen LogP) is 1.13. The quantitative estimate of drug-likeness (QED) is 0.414. The van der Waals surface area contributed by atoms with Crippen molar-refractivity contribution in [1.29, 1.82) is 0 Å². The Labute approximate surface area is 114 Å². The second-order valence-electron chi connectivity index (χ2n) is 2.89. The fraction of sp³-hybridized carbons (Fsp3) is 1.00. The molecule has 0 saturated carbocycles. The van der Waals surface area contributed by atoms with Crippen LogP contribution in [0, 0.1) is 0 Å². The largest absolute Gasteiger partial charge is 0.529 e. The van der Waals surface area contributed by atoms with Gasteiger partial charge in [-0.3, -0.25) is 0 Å². The summed E-state index contributed by atoms with van der Waals surface area (Å²) in [7, 11) is -7.19. The van der Waals surface area contributed by atoms with Crippen LogP contribution in [0.5, 0.6) is 0 Å². The Morgan fingerprint density at radius 2 is 1.44 bits per heavy atom. The van der Waals surface area contributed by atoms with E-state index in [-0.39, 0.29) is 6.23 Å². The fourth-order valence-electron chi connectivity index (χ4n) is 1.16. The van der Waals surface area contributed by atoms with Crippen molar-refractivity contribution >= 4 is 31.2 Å². The number of rotatable bonds is 11. The van der Waals surface area contributed by atoms with Gasteiger partial charge < -0.3 is 13.3 Å². The average Bonchev–Trinajstić information content (AvgIpc) is 2.28. The highest BCUT2D eigenvalue weighted by Gasteiger charge is 2.43. The molecular formula is C8H20O7S2Si. The zero-order valence-electron chi connectivity index (χ0n) is 11.0. The van der Waals surface area contributed by atoms with Crippen LogP contribution in [0.15, 0.2) is 0 Å². The molecule has 0 aromatic carbocycles. The Bertz CT molecular complexity index is 292. The van der Waals surface area contributed by atoms with E-state index < -0.39 is 19.2 Å². The van der Waals surface area contributed by atoms with Crippen molar-refractivity contribution in [3.63, 3.8) is 0 Å². The predicted molar refractivity (Wildman–Crippen MR) is 70.1 cm³/mol. The van der Waals surface area contributed by atoms with E-state index in [2.05, 4.69) is 3.63 Å². The third-order valence-corrected chi connectivity index (χ3v) is 6.13. The van der Waals surface area contributed by atoms with Crippen LogP contribution >= 0.6 is 12.0 Å². The van der Waals surface area contributed by atoms with Crippen molar-refractivity contribution in [2.24, 2.45) is 0 Å². The highest BCUT2D eigenvalue weighted by molar-refractivity contribution is 8.02. The van der Waals surface area contributed by atoms with E-state index in [0.717, 1.165) is 0 Å². The molecule has 0 spiro atoms. The second kappa shape index (κ2) is 9.26. The van der Waals surface area contributed by atoms with Crippen LogP contribution in [0.2, 0.25) is 0 Å². The molecule has 0 rings (SSSR count). The van der Waals surface area contributed by atoms with Crippen LogP contribution < -0.4 is 0 Å². The lowest BCUT2D eigenvalue weighted by atomic mass is 10.9. The van der Waals surface area contributed by atoms with Crippen molar-refractivity contribution in [3.05, 3.63) is 0 Å². The van der Waals surface area contributed by atoms with Gasteiger partial charge in [-0.05, 0) is 20.8 Å². The second-order valence-corrected chi connectivity index (χ2v) is 7.34. The van der Waals surface area contributed by atoms with Crippen molar-refractivity contribution < 1.29 is 29.5 Å². The summed E-state index contributed by atoms with van der Waals surface area (Å²) < 4.78 is 47.9. The number of hydrogen-bond acceptors (Lipinski definition) is 8. The van der Waals surface area contributed by atoms with Gasteiger partial charge in [0.05, 0.1) is 0 Å². The SMILES string of the molecule is CCO[Si](COS(=O)(=O)OSC)(OCC)OCC. The molecule has 110 valence electrons. The molecule has 0 unspecified atom stereocenters. The summed E-state index contributed by atoms with van der Waals surface area (Å²) in [5.74, 6) is 0. The smallest absolute Gasteiger partial charge is 0.372 e. The molecule has 0 atom stereocenters. The lowest BCUT2D eigenvalue weighted by Crippen LogP contribution is -2.51. The first-order chi connectivity index (χ1) is 8.45. The van der Waals surface area contributed by atoms with Gasteiger partial charge in [0, 0.05) is 38.1 Å². The summed E-state index contributed by atoms with van der Waals surface area (Å²) in [5.41, 5.74) is 0. The van der Waals surface area contributed by atoms with Crippen LogP contribution in [0.25, 0.3) is 0 Å². The van der Waals surface area contributed by atoms with E-state index in [1.165, 1.54) is 6.26 Å². The minimum absolute atomic E-state index is 0.300. The molecule has 0 heterocycles. The zero-order chi connectivity index (χ0) is 14.1. The molecule has 7 nitrogen and oxygen atoms in total. The Kier molecular flexibility index (Phi) is 9.42. The Balaban J connectivity index is 4.65. The molecule has 18 heavy (non-hydrogen) atoms. The molecule has 0 bridgehead atoms. The number of hydrogen-bond donors (Lipinski definition) is 0. The fourth-order valence-corrected chi connectivity index (χ4v) is 4.96. The third-order valence-electron chi connectivity index (χ3n) is 1.62. The van der Waals surface area contributed by atoms with Gasteiger partial charge in [0.1, 0.15) is 6.23 Å². The lowest BCUT2D eigenvalue weighted by Gasteiger charge is -2.27. The maximum Gasteiger partial charge on any atom is 0.529 e. The molecule has 0 N–H and O–H groups in total.